The van der Waals surface area contributed by atoms with Crippen LogP contribution in [0.4, 0.5) is 11.5 Å². The van der Waals surface area contributed by atoms with Gasteiger partial charge in [-0.25, -0.2) is 4.99 Å². The first-order chi connectivity index (χ1) is 11.9. The van der Waals surface area contributed by atoms with Crippen molar-refractivity contribution in [1.29, 1.82) is 0 Å². The van der Waals surface area contributed by atoms with Crippen molar-refractivity contribution in [2.75, 3.05) is 13.1 Å². The highest BCUT2D eigenvalue weighted by Crippen LogP contribution is 2.36. The van der Waals surface area contributed by atoms with Crippen molar-refractivity contribution in [3.8, 4) is 11.3 Å². The predicted octanol–water partition coefficient (Wildman–Crippen LogP) is 3.93. The van der Waals surface area contributed by atoms with E-state index in [0.717, 1.165) is 37.3 Å². The zero-order chi connectivity index (χ0) is 18.0. The molecule has 0 bridgehead atoms. The smallest absolute Gasteiger partial charge is 0.176 e. The van der Waals surface area contributed by atoms with E-state index in [1.807, 2.05) is 31.2 Å². The van der Waals surface area contributed by atoms with Crippen LogP contribution in [0.15, 0.2) is 34.3 Å². The van der Waals surface area contributed by atoms with E-state index in [1.54, 1.807) is 0 Å². The lowest BCUT2D eigenvalue weighted by atomic mass is 9.91. The van der Waals surface area contributed by atoms with E-state index in [0.29, 0.717) is 22.2 Å². The van der Waals surface area contributed by atoms with Gasteiger partial charge in [0.15, 0.2) is 5.82 Å². The molecule has 2 aromatic rings. The van der Waals surface area contributed by atoms with Crippen molar-refractivity contribution in [2.45, 2.75) is 32.2 Å². The lowest BCUT2D eigenvalue weighted by Gasteiger charge is -2.37. The van der Waals surface area contributed by atoms with Crippen LogP contribution in [0.1, 0.15) is 26.7 Å². The van der Waals surface area contributed by atoms with Crippen LogP contribution in [0.25, 0.3) is 11.3 Å². The molecule has 1 fully saturated rings. The number of aromatic amines is 1. The maximum absolute atomic E-state index is 6.20. The molecule has 1 aromatic carbocycles. The highest BCUT2D eigenvalue weighted by Gasteiger charge is 2.26. The first kappa shape index (κ1) is 17.6. The minimum atomic E-state index is -0.0830. The van der Waals surface area contributed by atoms with Gasteiger partial charge >= 0.3 is 0 Å². The average Bonchev–Trinajstić information content (AvgIpc) is 2.98. The first-order valence-electron chi connectivity index (χ1n) is 8.30. The fourth-order valence-corrected chi connectivity index (χ4v) is 3.06. The largest absolute Gasteiger partial charge is 0.360 e. The van der Waals surface area contributed by atoms with E-state index in [2.05, 4.69) is 38.7 Å². The van der Waals surface area contributed by atoms with Gasteiger partial charge in [-0.1, -0.05) is 23.7 Å². The van der Waals surface area contributed by atoms with E-state index in [9.17, 15) is 0 Å². The van der Waals surface area contributed by atoms with Crippen LogP contribution < -0.4 is 5.73 Å². The molecule has 2 heterocycles. The SMILES string of the molecule is C=Nc1c(-c2ccc(Cl)cc2)n[nH]c1/N=C(\C)N1CCC(C)(N)CC1. The monoisotopic (exact) mass is 358 g/mol. The summed E-state index contributed by atoms with van der Waals surface area (Å²) in [6.45, 7) is 9.57. The number of nitrogens with two attached hydrogens (primary N) is 1. The molecule has 1 aliphatic heterocycles. The Labute approximate surface area is 152 Å². The summed E-state index contributed by atoms with van der Waals surface area (Å²) in [4.78, 5) is 11.1. The normalized spacial score (nSPS) is 17.6. The average molecular weight is 359 g/mol. The lowest BCUT2D eigenvalue weighted by molar-refractivity contribution is 0.244. The predicted molar refractivity (Wildman–Crippen MR) is 104 cm³/mol. The Morgan fingerprint density at radius 1 is 1.32 bits per heavy atom. The number of halogens is 1. The number of piperidine rings is 1. The van der Waals surface area contributed by atoms with Gasteiger partial charge in [-0.3, -0.25) is 10.1 Å². The molecular formula is C18H23ClN6. The molecule has 0 radical (unpaired) electrons. The summed E-state index contributed by atoms with van der Waals surface area (Å²) in [5.41, 5.74) is 8.39. The molecule has 0 aliphatic carbocycles. The Hall–Kier alpha value is -2.18. The number of likely N-dealkylation sites (tertiary alicyclic amines) is 1. The summed E-state index contributed by atoms with van der Waals surface area (Å²) in [5.74, 6) is 1.53. The molecule has 1 aliphatic rings. The van der Waals surface area contributed by atoms with Crippen LogP contribution in [0.5, 0.6) is 0 Å². The van der Waals surface area contributed by atoms with Crippen LogP contribution in [0, 0.1) is 0 Å². The van der Waals surface area contributed by atoms with Gasteiger partial charge in [-0.2, -0.15) is 5.10 Å². The molecule has 3 N–H and O–H groups in total. The van der Waals surface area contributed by atoms with Crippen molar-refractivity contribution in [3.63, 3.8) is 0 Å². The van der Waals surface area contributed by atoms with Gasteiger partial charge < -0.3 is 10.6 Å². The number of hydrogen-bond acceptors (Lipinski definition) is 4. The standard InChI is InChI=1S/C18H23ClN6/c1-12(25-10-8-18(2,20)9-11-25)22-17-16(21-3)15(23-24-17)13-4-6-14(19)7-5-13/h4-7H,3,8-11,20H2,1-2H3,(H,23,24)/b22-12+. The molecule has 0 atom stereocenters. The van der Waals surface area contributed by atoms with Gasteiger partial charge in [0, 0.05) is 29.2 Å². The van der Waals surface area contributed by atoms with E-state index >= 15 is 0 Å². The molecule has 1 saturated heterocycles. The summed E-state index contributed by atoms with van der Waals surface area (Å²) >= 11 is 5.95. The van der Waals surface area contributed by atoms with Crippen LogP contribution in [0.3, 0.4) is 0 Å². The van der Waals surface area contributed by atoms with E-state index in [1.165, 1.54) is 0 Å². The summed E-state index contributed by atoms with van der Waals surface area (Å²) < 4.78 is 0. The van der Waals surface area contributed by atoms with Crippen molar-refractivity contribution >= 4 is 35.7 Å². The number of benzene rings is 1. The molecule has 0 saturated carbocycles. The molecule has 0 spiro atoms. The number of nitrogens with zero attached hydrogens (tertiary/aromatic N) is 4. The topological polar surface area (TPSA) is 82.7 Å². The van der Waals surface area contributed by atoms with E-state index < -0.39 is 0 Å². The Balaban J connectivity index is 1.85. The van der Waals surface area contributed by atoms with Gasteiger partial charge in [-0.05, 0) is 45.5 Å². The van der Waals surface area contributed by atoms with Gasteiger partial charge in [0.05, 0.1) is 0 Å². The molecule has 1 aromatic heterocycles. The molecule has 0 unspecified atom stereocenters. The summed E-state index contributed by atoms with van der Waals surface area (Å²) in [6, 6.07) is 7.45. The van der Waals surface area contributed by atoms with Crippen molar-refractivity contribution in [1.82, 2.24) is 15.1 Å². The Kier molecular flexibility index (Phi) is 4.92. The highest BCUT2D eigenvalue weighted by atomic mass is 35.5. The second-order valence-electron chi connectivity index (χ2n) is 6.73. The van der Waals surface area contributed by atoms with Crippen molar-refractivity contribution in [2.24, 2.45) is 15.7 Å². The van der Waals surface area contributed by atoms with Gasteiger partial charge in [0.1, 0.15) is 17.2 Å². The first-order valence-corrected chi connectivity index (χ1v) is 8.67. The Morgan fingerprint density at radius 2 is 1.96 bits per heavy atom. The Bertz CT molecular complexity index is 780. The lowest BCUT2D eigenvalue weighted by Crippen LogP contribution is -2.49. The number of nitrogens with one attached hydrogen (secondary N) is 1. The zero-order valence-electron chi connectivity index (χ0n) is 14.6. The van der Waals surface area contributed by atoms with E-state index in [-0.39, 0.29) is 5.54 Å². The third-order valence-electron chi connectivity index (χ3n) is 4.63. The van der Waals surface area contributed by atoms with Crippen LogP contribution in [-0.4, -0.2) is 46.3 Å². The van der Waals surface area contributed by atoms with Gasteiger partial charge in [0.2, 0.25) is 0 Å². The van der Waals surface area contributed by atoms with Crippen LogP contribution in [0.2, 0.25) is 5.02 Å². The summed E-state index contributed by atoms with van der Waals surface area (Å²) in [6.07, 6.45) is 1.90. The summed E-state index contributed by atoms with van der Waals surface area (Å²) in [7, 11) is 0. The van der Waals surface area contributed by atoms with Crippen LogP contribution >= 0.6 is 11.6 Å². The third-order valence-corrected chi connectivity index (χ3v) is 4.89. The molecule has 7 heteroatoms. The molecule has 25 heavy (non-hydrogen) atoms. The molecular weight excluding hydrogens is 336 g/mol. The maximum Gasteiger partial charge on any atom is 0.176 e. The summed E-state index contributed by atoms with van der Waals surface area (Å²) in [5, 5.41) is 8.01. The van der Waals surface area contributed by atoms with Crippen LogP contribution in [-0.2, 0) is 0 Å². The minimum Gasteiger partial charge on any atom is -0.360 e. The quantitative estimate of drug-likeness (QED) is 0.644. The number of rotatable bonds is 3. The van der Waals surface area contributed by atoms with Gasteiger partial charge in [-0.15, -0.1) is 0 Å². The number of hydrogen-bond donors (Lipinski definition) is 2. The Morgan fingerprint density at radius 3 is 2.56 bits per heavy atom. The fourth-order valence-electron chi connectivity index (χ4n) is 2.94. The fraction of sp³-hybridized carbons (Fsp3) is 0.389. The second kappa shape index (κ2) is 6.98. The minimum absolute atomic E-state index is 0.0830. The number of amidine groups is 1. The highest BCUT2D eigenvalue weighted by molar-refractivity contribution is 6.30. The number of H-pyrrole nitrogens is 1. The number of aromatic nitrogens is 2. The van der Waals surface area contributed by atoms with E-state index in [4.69, 9.17) is 17.3 Å². The second-order valence-corrected chi connectivity index (χ2v) is 7.17. The maximum atomic E-state index is 6.20. The molecule has 3 rings (SSSR count). The van der Waals surface area contributed by atoms with Crippen molar-refractivity contribution in [3.05, 3.63) is 29.3 Å². The van der Waals surface area contributed by atoms with Crippen molar-refractivity contribution < 1.29 is 0 Å². The molecule has 0 amide bonds. The third kappa shape index (κ3) is 3.91. The zero-order valence-corrected chi connectivity index (χ0v) is 15.3. The molecule has 6 nitrogen and oxygen atoms in total. The van der Waals surface area contributed by atoms with Gasteiger partial charge in [0.25, 0.3) is 0 Å². The molecule has 132 valence electrons. The number of aliphatic imine (C=N–C) groups is 2.